The highest BCUT2D eigenvalue weighted by molar-refractivity contribution is 7.89. The van der Waals surface area contributed by atoms with Gasteiger partial charge in [0.2, 0.25) is 10.0 Å². The van der Waals surface area contributed by atoms with Crippen LogP contribution in [0.2, 0.25) is 0 Å². The van der Waals surface area contributed by atoms with E-state index in [4.69, 9.17) is 4.74 Å². The molecule has 0 aliphatic heterocycles. The SMILES string of the molecule is Cc1cc(C)c(C)c(S(=O)(=O)NCCCOCC2CC2)c1C. The third-order valence-corrected chi connectivity index (χ3v) is 6.11. The second kappa shape index (κ2) is 7.11. The van der Waals surface area contributed by atoms with Crippen LogP contribution in [-0.2, 0) is 14.8 Å². The molecule has 0 unspecified atom stereocenters. The van der Waals surface area contributed by atoms with E-state index in [0.717, 1.165) is 34.8 Å². The summed E-state index contributed by atoms with van der Waals surface area (Å²) in [4.78, 5) is 0.434. The summed E-state index contributed by atoms with van der Waals surface area (Å²) in [7, 11) is -3.46. The van der Waals surface area contributed by atoms with Crippen molar-refractivity contribution in [3.05, 3.63) is 28.3 Å². The first kappa shape index (κ1) is 17.4. The van der Waals surface area contributed by atoms with Gasteiger partial charge in [0.1, 0.15) is 0 Å². The zero-order chi connectivity index (χ0) is 16.3. The quantitative estimate of drug-likeness (QED) is 0.748. The molecule has 1 aromatic carbocycles. The van der Waals surface area contributed by atoms with Crippen LogP contribution in [-0.4, -0.2) is 28.2 Å². The van der Waals surface area contributed by atoms with E-state index in [0.29, 0.717) is 24.5 Å². The Balaban J connectivity index is 1.94. The maximum absolute atomic E-state index is 12.6. The van der Waals surface area contributed by atoms with Crippen LogP contribution >= 0.6 is 0 Å². The summed E-state index contributed by atoms with van der Waals surface area (Å²) >= 11 is 0. The van der Waals surface area contributed by atoms with Gasteiger partial charge < -0.3 is 4.74 Å². The number of nitrogens with one attached hydrogen (secondary N) is 1. The molecule has 1 aliphatic rings. The van der Waals surface area contributed by atoms with Crippen LogP contribution in [0.15, 0.2) is 11.0 Å². The smallest absolute Gasteiger partial charge is 0.241 e. The Morgan fingerprint density at radius 2 is 1.73 bits per heavy atom. The summed E-state index contributed by atoms with van der Waals surface area (Å²) < 4.78 is 33.4. The Bertz CT molecular complexity index is 608. The molecule has 0 heterocycles. The minimum Gasteiger partial charge on any atom is -0.381 e. The Labute approximate surface area is 134 Å². The van der Waals surface area contributed by atoms with Crippen molar-refractivity contribution in [3.63, 3.8) is 0 Å². The fourth-order valence-electron chi connectivity index (χ4n) is 2.57. The molecule has 2 rings (SSSR count). The van der Waals surface area contributed by atoms with Gasteiger partial charge in [-0.25, -0.2) is 13.1 Å². The second-order valence-electron chi connectivity index (χ2n) is 6.36. The molecule has 1 aromatic rings. The lowest BCUT2D eigenvalue weighted by Crippen LogP contribution is -2.27. The molecule has 0 aromatic heterocycles. The van der Waals surface area contributed by atoms with Gasteiger partial charge in [-0.1, -0.05) is 6.07 Å². The molecule has 1 aliphatic carbocycles. The maximum Gasteiger partial charge on any atom is 0.241 e. The van der Waals surface area contributed by atoms with Crippen molar-refractivity contribution >= 4 is 10.0 Å². The summed E-state index contributed by atoms with van der Waals surface area (Å²) in [5.41, 5.74) is 3.69. The highest BCUT2D eigenvalue weighted by Crippen LogP contribution is 2.28. The van der Waals surface area contributed by atoms with Crippen molar-refractivity contribution < 1.29 is 13.2 Å². The average molecular weight is 325 g/mol. The van der Waals surface area contributed by atoms with E-state index in [9.17, 15) is 8.42 Å². The number of sulfonamides is 1. The van der Waals surface area contributed by atoms with Crippen LogP contribution in [0.4, 0.5) is 0 Å². The highest BCUT2D eigenvalue weighted by Gasteiger charge is 2.22. The van der Waals surface area contributed by atoms with Crippen molar-refractivity contribution in [1.82, 2.24) is 4.72 Å². The van der Waals surface area contributed by atoms with Gasteiger partial charge in [0.05, 0.1) is 4.90 Å². The van der Waals surface area contributed by atoms with Crippen molar-refractivity contribution in [2.24, 2.45) is 5.92 Å². The Hall–Kier alpha value is -0.910. The fourth-order valence-corrected chi connectivity index (χ4v) is 4.26. The lowest BCUT2D eigenvalue weighted by atomic mass is 10.0. The van der Waals surface area contributed by atoms with Crippen LogP contribution in [0, 0.1) is 33.6 Å². The Morgan fingerprint density at radius 3 is 2.27 bits per heavy atom. The standard InChI is InChI=1S/C17H27NO3S/c1-12-10-13(2)15(4)17(14(12)3)22(19,20)18-8-5-9-21-11-16-6-7-16/h10,16,18H,5-9,11H2,1-4H3. The molecule has 22 heavy (non-hydrogen) atoms. The average Bonchev–Trinajstić information content (AvgIpc) is 3.24. The van der Waals surface area contributed by atoms with Gasteiger partial charge in [0.25, 0.3) is 0 Å². The third kappa shape index (κ3) is 4.31. The van der Waals surface area contributed by atoms with Crippen molar-refractivity contribution in [1.29, 1.82) is 0 Å². The molecule has 0 saturated heterocycles. The van der Waals surface area contributed by atoms with Crippen LogP contribution in [0.1, 0.15) is 41.5 Å². The molecule has 1 saturated carbocycles. The number of aryl methyl sites for hydroxylation is 2. The van der Waals surface area contributed by atoms with Crippen LogP contribution in [0.3, 0.4) is 0 Å². The predicted octanol–water partition coefficient (Wildman–Crippen LogP) is 3.02. The summed E-state index contributed by atoms with van der Waals surface area (Å²) in [6, 6.07) is 2.04. The molecule has 1 fully saturated rings. The van der Waals surface area contributed by atoms with E-state index in [2.05, 4.69) is 4.72 Å². The van der Waals surface area contributed by atoms with Gasteiger partial charge in [0.15, 0.2) is 0 Å². The first-order valence-corrected chi connectivity index (χ1v) is 9.46. The molecule has 4 nitrogen and oxygen atoms in total. The largest absolute Gasteiger partial charge is 0.381 e. The lowest BCUT2D eigenvalue weighted by Gasteiger charge is -2.16. The second-order valence-corrected chi connectivity index (χ2v) is 8.06. The van der Waals surface area contributed by atoms with Gasteiger partial charge in [-0.05, 0) is 75.1 Å². The van der Waals surface area contributed by atoms with Gasteiger partial charge in [-0.15, -0.1) is 0 Å². The van der Waals surface area contributed by atoms with Gasteiger partial charge in [0, 0.05) is 19.8 Å². The van der Waals surface area contributed by atoms with E-state index in [1.54, 1.807) is 0 Å². The number of rotatable bonds is 8. The Morgan fingerprint density at radius 1 is 1.14 bits per heavy atom. The van der Waals surface area contributed by atoms with E-state index < -0.39 is 10.0 Å². The molecule has 1 N–H and O–H groups in total. The first-order valence-electron chi connectivity index (χ1n) is 7.97. The zero-order valence-electron chi connectivity index (χ0n) is 14.0. The first-order chi connectivity index (χ1) is 10.3. The topological polar surface area (TPSA) is 55.4 Å². The molecule has 5 heteroatoms. The normalized spacial score (nSPS) is 15.3. The Kier molecular flexibility index (Phi) is 5.64. The molecule has 0 atom stereocenters. The van der Waals surface area contributed by atoms with Crippen LogP contribution < -0.4 is 4.72 Å². The molecular weight excluding hydrogens is 298 g/mol. The van der Waals surface area contributed by atoms with Gasteiger partial charge in [-0.2, -0.15) is 0 Å². The molecule has 124 valence electrons. The minimum atomic E-state index is -3.46. The molecule has 0 spiro atoms. The third-order valence-electron chi connectivity index (χ3n) is 4.37. The number of hydrogen-bond acceptors (Lipinski definition) is 3. The minimum absolute atomic E-state index is 0.416. The molecular formula is C17H27NO3S. The maximum atomic E-state index is 12.6. The summed E-state index contributed by atoms with van der Waals surface area (Å²) in [6.45, 7) is 9.49. The van der Waals surface area contributed by atoms with Crippen molar-refractivity contribution in [2.45, 2.75) is 51.9 Å². The van der Waals surface area contributed by atoms with Crippen molar-refractivity contribution in [2.75, 3.05) is 19.8 Å². The van der Waals surface area contributed by atoms with E-state index in [-0.39, 0.29) is 0 Å². The summed E-state index contributed by atoms with van der Waals surface area (Å²) in [5.74, 6) is 0.747. The number of hydrogen-bond donors (Lipinski definition) is 1. The fraction of sp³-hybridized carbons (Fsp3) is 0.647. The zero-order valence-corrected chi connectivity index (χ0v) is 14.8. The number of benzene rings is 1. The molecule has 0 radical (unpaired) electrons. The highest BCUT2D eigenvalue weighted by atomic mass is 32.2. The van der Waals surface area contributed by atoms with Gasteiger partial charge >= 0.3 is 0 Å². The summed E-state index contributed by atoms with van der Waals surface area (Å²) in [6.07, 6.45) is 3.25. The molecule has 0 bridgehead atoms. The lowest BCUT2D eigenvalue weighted by molar-refractivity contribution is 0.123. The molecule has 0 amide bonds. The van der Waals surface area contributed by atoms with E-state index in [1.165, 1.54) is 12.8 Å². The monoisotopic (exact) mass is 325 g/mol. The van der Waals surface area contributed by atoms with E-state index >= 15 is 0 Å². The van der Waals surface area contributed by atoms with Crippen molar-refractivity contribution in [3.8, 4) is 0 Å². The predicted molar refractivity (Wildman–Crippen MR) is 88.7 cm³/mol. The van der Waals surface area contributed by atoms with E-state index in [1.807, 2.05) is 33.8 Å². The van der Waals surface area contributed by atoms with Gasteiger partial charge in [-0.3, -0.25) is 0 Å². The summed E-state index contributed by atoms with van der Waals surface area (Å²) in [5, 5.41) is 0. The number of ether oxygens (including phenoxy) is 1. The van der Waals surface area contributed by atoms with Crippen LogP contribution in [0.25, 0.3) is 0 Å². The van der Waals surface area contributed by atoms with Crippen LogP contribution in [0.5, 0.6) is 0 Å².